The maximum atomic E-state index is 13.3. The van der Waals surface area contributed by atoms with Gasteiger partial charge in [-0.1, -0.05) is 48.8 Å². The van der Waals surface area contributed by atoms with Gasteiger partial charge in [-0.25, -0.2) is 4.90 Å². The number of benzene rings is 2. The number of aromatic nitrogens is 3. The fourth-order valence-corrected chi connectivity index (χ4v) is 5.23. The van der Waals surface area contributed by atoms with Crippen LogP contribution in [-0.4, -0.2) is 36.0 Å². The van der Waals surface area contributed by atoms with Crippen LogP contribution < -0.4 is 24.6 Å². The number of amides is 1. The van der Waals surface area contributed by atoms with Crippen LogP contribution in [0.3, 0.4) is 0 Å². The zero-order valence-corrected chi connectivity index (χ0v) is 21.0. The molecular formula is C24H26ClN4O4S+. The van der Waals surface area contributed by atoms with Crippen LogP contribution in [0.5, 0.6) is 11.5 Å². The van der Waals surface area contributed by atoms with Gasteiger partial charge in [0, 0.05) is 23.8 Å². The number of nitrogens with one attached hydrogen (secondary N) is 1. The molecule has 0 spiro atoms. The van der Waals surface area contributed by atoms with E-state index in [-0.39, 0.29) is 11.5 Å². The number of carbonyl (C=O) groups is 1. The molecule has 2 aromatic carbocycles. The third-order valence-corrected chi connectivity index (χ3v) is 6.89. The first-order valence-corrected chi connectivity index (χ1v) is 12.3. The van der Waals surface area contributed by atoms with Crippen molar-refractivity contribution in [2.24, 2.45) is 0 Å². The lowest BCUT2D eigenvalue weighted by Gasteiger charge is -2.31. The molecule has 1 N–H and O–H groups in total. The minimum atomic E-state index is -0.803. The van der Waals surface area contributed by atoms with E-state index in [1.54, 1.807) is 21.7 Å². The minimum Gasteiger partial charge on any atom is -0.493 e. The summed E-state index contributed by atoms with van der Waals surface area (Å²) < 4.78 is 12.5. The van der Waals surface area contributed by atoms with Gasteiger partial charge in [0.2, 0.25) is 11.1 Å². The largest absolute Gasteiger partial charge is 0.493 e. The van der Waals surface area contributed by atoms with Gasteiger partial charge in [0.15, 0.2) is 11.5 Å². The van der Waals surface area contributed by atoms with E-state index in [9.17, 15) is 9.59 Å². The Bertz CT molecular complexity index is 1300. The zero-order valence-electron chi connectivity index (χ0n) is 19.4. The Kier molecular flexibility index (Phi) is 7.13. The number of nitrogens with zero attached hydrogens (tertiary/aromatic N) is 3. The molecule has 0 aliphatic carbocycles. The highest BCUT2D eigenvalue weighted by molar-refractivity contribution is 7.99. The molecule has 0 bridgehead atoms. The highest BCUT2D eigenvalue weighted by Gasteiger charge is 2.46. The minimum absolute atomic E-state index is 0.219. The summed E-state index contributed by atoms with van der Waals surface area (Å²) in [6, 6.07) is 10.6. The molecule has 1 aromatic heterocycles. The summed E-state index contributed by atoms with van der Waals surface area (Å²) in [5.41, 5.74) is 1.84. The highest BCUT2D eigenvalue weighted by Crippen LogP contribution is 2.42. The van der Waals surface area contributed by atoms with Crippen LogP contribution in [-0.2, 0) is 4.79 Å². The van der Waals surface area contributed by atoms with E-state index in [2.05, 4.69) is 11.9 Å². The molecule has 1 aliphatic heterocycles. The summed E-state index contributed by atoms with van der Waals surface area (Å²) in [5, 5.41) is 5.61. The van der Waals surface area contributed by atoms with Gasteiger partial charge in [0.1, 0.15) is 0 Å². The third kappa shape index (κ3) is 4.25. The van der Waals surface area contributed by atoms with E-state index in [0.717, 1.165) is 18.6 Å². The first kappa shape index (κ1) is 24.1. The Hall–Kier alpha value is -3.04. The number of halogens is 1. The van der Waals surface area contributed by atoms with Gasteiger partial charge in [-0.05, 0) is 29.3 Å². The van der Waals surface area contributed by atoms with Crippen molar-refractivity contribution in [3.05, 3.63) is 57.3 Å². The topological polar surface area (TPSA) is 88.4 Å². The van der Waals surface area contributed by atoms with Gasteiger partial charge in [-0.2, -0.15) is 0 Å². The summed E-state index contributed by atoms with van der Waals surface area (Å²) in [4.78, 5) is 30.9. The highest BCUT2D eigenvalue weighted by atomic mass is 35.5. The molecule has 2 heterocycles. The molecule has 10 heteroatoms. The third-order valence-electron chi connectivity index (χ3n) is 5.62. The van der Waals surface area contributed by atoms with Crippen molar-refractivity contribution in [1.82, 2.24) is 10.1 Å². The van der Waals surface area contributed by atoms with Crippen LogP contribution in [0.25, 0.3) is 11.3 Å². The molecule has 8 nitrogen and oxygen atoms in total. The molecule has 1 unspecified atom stereocenters. The normalized spacial score (nSPS) is 14.4. The summed E-state index contributed by atoms with van der Waals surface area (Å²) in [6.07, 6.45) is 1.22. The lowest BCUT2D eigenvalue weighted by Crippen LogP contribution is -2.60. The Morgan fingerprint density at radius 1 is 1.24 bits per heavy atom. The monoisotopic (exact) mass is 501 g/mol. The van der Waals surface area contributed by atoms with Crippen molar-refractivity contribution in [2.45, 2.75) is 38.0 Å². The number of hydrogen-bond donors (Lipinski definition) is 1. The number of hydrogen-bond acceptors (Lipinski definition) is 6. The van der Waals surface area contributed by atoms with Crippen LogP contribution >= 0.6 is 23.4 Å². The summed E-state index contributed by atoms with van der Waals surface area (Å²) in [5.74, 6) is 1.51. The second-order valence-corrected chi connectivity index (χ2v) is 9.25. The molecular weight excluding hydrogens is 476 g/mol. The maximum Gasteiger partial charge on any atom is 0.325 e. The van der Waals surface area contributed by atoms with E-state index < -0.39 is 6.17 Å². The molecule has 4 rings (SSSR count). The van der Waals surface area contributed by atoms with Crippen LogP contribution in [0.4, 0.5) is 5.69 Å². The van der Waals surface area contributed by atoms with Gasteiger partial charge in [0.05, 0.1) is 36.1 Å². The van der Waals surface area contributed by atoms with Gasteiger partial charge >= 0.3 is 11.3 Å². The number of para-hydroxylation sites is 1. The fourth-order valence-electron chi connectivity index (χ4n) is 4.04. The molecule has 1 amide bonds. The first-order chi connectivity index (χ1) is 16.4. The van der Waals surface area contributed by atoms with Gasteiger partial charge in [-0.3, -0.25) is 14.6 Å². The average molecular weight is 502 g/mol. The second kappa shape index (κ2) is 10.1. The molecule has 178 valence electrons. The Morgan fingerprint density at radius 2 is 1.94 bits per heavy atom. The van der Waals surface area contributed by atoms with Crippen molar-refractivity contribution >= 4 is 35.0 Å². The fraction of sp³-hybridized carbons (Fsp3) is 0.333. The van der Waals surface area contributed by atoms with Gasteiger partial charge in [0.25, 0.3) is 6.17 Å². The molecule has 0 fully saturated rings. The van der Waals surface area contributed by atoms with Crippen LogP contribution in [0.2, 0.25) is 5.02 Å². The number of fused-ring (bicyclic) bond motifs is 3. The summed E-state index contributed by atoms with van der Waals surface area (Å²) in [7, 11) is 3.05. The van der Waals surface area contributed by atoms with Crippen molar-refractivity contribution in [1.29, 1.82) is 0 Å². The number of thioether (sulfide) groups is 1. The smallest absolute Gasteiger partial charge is 0.325 e. The number of carbonyl (C=O) groups excluding carboxylic acids is 1. The molecule has 0 radical (unpaired) electrons. The number of H-pyrrole nitrogens is 1. The Morgan fingerprint density at radius 3 is 2.62 bits per heavy atom. The summed E-state index contributed by atoms with van der Waals surface area (Å²) >= 11 is 8.18. The quantitative estimate of drug-likeness (QED) is 0.296. The first-order valence-electron chi connectivity index (χ1n) is 10.9. The lowest BCUT2D eigenvalue weighted by atomic mass is 10.0. The standard InChI is InChI=1S/C24H25ClN4O4S/c1-5-6-11-34-24-26-22(31)21-15-9-7-8-10-18(15)28(14(2)30)23(29(21)27-24)16-12-19(32-3)20(33-4)13-17(16)25/h7-10,12-13,23H,5-6,11H2,1-4H3/p+1. The predicted octanol–water partition coefficient (Wildman–Crippen LogP) is 4.20. The molecule has 1 atom stereocenters. The van der Waals surface area contributed by atoms with Crippen molar-refractivity contribution in [2.75, 3.05) is 24.9 Å². The second-order valence-electron chi connectivity index (χ2n) is 7.76. The van der Waals surface area contributed by atoms with E-state index in [1.807, 2.05) is 24.3 Å². The Balaban J connectivity index is 2.02. The summed E-state index contributed by atoms with van der Waals surface area (Å²) in [6.45, 7) is 3.59. The maximum absolute atomic E-state index is 13.3. The molecule has 0 saturated heterocycles. The lowest BCUT2D eigenvalue weighted by molar-refractivity contribution is -0.763. The van der Waals surface area contributed by atoms with Crippen molar-refractivity contribution in [3.8, 4) is 22.8 Å². The molecule has 1 aliphatic rings. The van der Waals surface area contributed by atoms with Crippen LogP contribution in [0.15, 0.2) is 46.3 Å². The van der Waals surface area contributed by atoms with Crippen molar-refractivity contribution < 1.29 is 19.0 Å². The van der Waals surface area contributed by atoms with E-state index in [1.165, 1.54) is 32.9 Å². The number of rotatable bonds is 7. The van der Waals surface area contributed by atoms with Gasteiger partial charge in [-0.15, -0.1) is 0 Å². The van der Waals surface area contributed by atoms with Crippen LogP contribution in [0, 0.1) is 0 Å². The number of anilines is 1. The molecule has 0 saturated carbocycles. The average Bonchev–Trinajstić information content (AvgIpc) is 2.82. The van der Waals surface area contributed by atoms with E-state index in [0.29, 0.717) is 44.2 Å². The number of unbranched alkanes of at least 4 members (excludes halogenated alkanes) is 1. The van der Waals surface area contributed by atoms with E-state index >= 15 is 0 Å². The number of aromatic amines is 1. The van der Waals surface area contributed by atoms with Gasteiger partial charge < -0.3 is 9.47 Å². The Labute approximate surface area is 206 Å². The zero-order chi connectivity index (χ0) is 24.4. The SMILES string of the molecule is CCCCSc1n[n+]2c(c(=O)[nH]1)-c1ccccc1N(C(C)=O)C2c1cc(OC)c(OC)cc1Cl. The van der Waals surface area contributed by atoms with Crippen molar-refractivity contribution in [3.63, 3.8) is 0 Å². The molecule has 34 heavy (non-hydrogen) atoms. The predicted molar refractivity (Wildman–Crippen MR) is 132 cm³/mol. The number of ether oxygens (including phenoxy) is 2. The van der Waals surface area contributed by atoms with E-state index in [4.69, 9.17) is 26.2 Å². The number of methoxy groups -OCH3 is 2. The van der Waals surface area contributed by atoms with Crippen LogP contribution in [0.1, 0.15) is 38.4 Å². The molecule has 3 aromatic rings.